The van der Waals surface area contributed by atoms with Crippen LogP contribution < -0.4 is 9.64 Å². The average Bonchev–Trinajstić information content (AvgIpc) is 3.12. The number of hydrogen-bond donors (Lipinski definition) is 0. The van der Waals surface area contributed by atoms with E-state index in [-0.39, 0.29) is 5.91 Å². The van der Waals surface area contributed by atoms with E-state index in [1.54, 1.807) is 11.3 Å². The van der Waals surface area contributed by atoms with Gasteiger partial charge in [0.25, 0.3) is 5.91 Å². The van der Waals surface area contributed by atoms with Gasteiger partial charge in [0.2, 0.25) is 0 Å². The molecule has 0 radical (unpaired) electrons. The number of amides is 1. The minimum atomic E-state index is 0.111. The maximum atomic E-state index is 12.7. The normalized spacial score (nSPS) is 14.6. The lowest BCUT2D eigenvalue weighted by molar-refractivity contribution is 0.0747. The summed E-state index contributed by atoms with van der Waals surface area (Å²) in [6.45, 7) is 7.71. The molecule has 5 nitrogen and oxygen atoms in total. The Labute approximate surface area is 163 Å². The van der Waals surface area contributed by atoms with E-state index in [9.17, 15) is 4.79 Å². The van der Waals surface area contributed by atoms with Gasteiger partial charge in [-0.25, -0.2) is 4.98 Å². The number of aryl methyl sites for hydroxylation is 1. The molecule has 4 rings (SSSR count). The van der Waals surface area contributed by atoms with Gasteiger partial charge in [0.1, 0.15) is 5.75 Å². The second kappa shape index (κ2) is 7.56. The van der Waals surface area contributed by atoms with E-state index in [2.05, 4.69) is 11.0 Å². The largest absolute Gasteiger partial charge is 0.494 e. The predicted octanol–water partition coefficient (Wildman–Crippen LogP) is 3.97. The van der Waals surface area contributed by atoms with Gasteiger partial charge in [0.05, 0.1) is 16.8 Å². The molecule has 1 aliphatic rings. The molecule has 0 N–H and O–H groups in total. The van der Waals surface area contributed by atoms with Crippen molar-refractivity contribution in [1.82, 2.24) is 9.88 Å². The van der Waals surface area contributed by atoms with Crippen LogP contribution in [0, 0.1) is 6.92 Å². The highest BCUT2D eigenvalue weighted by Gasteiger charge is 2.24. The van der Waals surface area contributed by atoms with Crippen molar-refractivity contribution in [2.24, 2.45) is 0 Å². The first-order valence-electron chi connectivity index (χ1n) is 9.28. The molecule has 1 saturated heterocycles. The van der Waals surface area contributed by atoms with E-state index in [1.165, 1.54) is 5.56 Å². The minimum absolute atomic E-state index is 0.111. The molecule has 0 aliphatic carbocycles. The lowest BCUT2D eigenvalue weighted by Crippen LogP contribution is -2.48. The summed E-state index contributed by atoms with van der Waals surface area (Å²) in [4.78, 5) is 21.6. The maximum Gasteiger partial charge on any atom is 0.253 e. The van der Waals surface area contributed by atoms with E-state index in [0.717, 1.165) is 39.8 Å². The number of aromatic nitrogens is 1. The molecular formula is C21H23N3O2S. The fraction of sp³-hybridized carbons (Fsp3) is 0.333. The van der Waals surface area contributed by atoms with Crippen LogP contribution in [0.25, 0.3) is 10.2 Å². The Hall–Kier alpha value is -2.60. The third-order valence-corrected chi connectivity index (χ3v) is 5.87. The van der Waals surface area contributed by atoms with Gasteiger partial charge >= 0.3 is 0 Å². The Morgan fingerprint density at radius 2 is 1.85 bits per heavy atom. The number of carbonyl (C=O) groups is 1. The van der Waals surface area contributed by atoms with E-state index in [0.29, 0.717) is 19.7 Å². The van der Waals surface area contributed by atoms with E-state index < -0.39 is 0 Å². The molecule has 27 heavy (non-hydrogen) atoms. The number of ether oxygens (including phenoxy) is 1. The number of rotatable bonds is 4. The molecule has 0 atom stereocenters. The van der Waals surface area contributed by atoms with Crippen LogP contribution in [0.3, 0.4) is 0 Å². The highest BCUT2D eigenvalue weighted by atomic mass is 32.1. The highest BCUT2D eigenvalue weighted by molar-refractivity contribution is 7.22. The molecular weight excluding hydrogens is 358 g/mol. The molecule has 6 heteroatoms. The molecule has 3 aromatic rings. The van der Waals surface area contributed by atoms with E-state index >= 15 is 0 Å². The summed E-state index contributed by atoms with van der Waals surface area (Å²) in [7, 11) is 0. The first-order chi connectivity index (χ1) is 13.1. The third-order valence-electron chi connectivity index (χ3n) is 4.80. The first-order valence-corrected chi connectivity index (χ1v) is 10.1. The van der Waals surface area contributed by atoms with Gasteiger partial charge in [-0.1, -0.05) is 29.0 Å². The van der Waals surface area contributed by atoms with Crippen molar-refractivity contribution >= 4 is 32.6 Å². The first kappa shape index (κ1) is 17.8. The average molecular weight is 382 g/mol. The quantitative estimate of drug-likeness (QED) is 0.686. The van der Waals surface area contributed by atoms with Crippen molar-refractivity contribution < 1.29 is 9.53 Å². The molecule has 1 aromatic heterocycles. The van der Waals surface area contributed by atoms with Crippen LogP contribution >= 0.6 is 11.3 Å². The van der Waals surface area contributed by atoms with Crippen LogP contribution in [0.5, 0.6) is 5.75 Å². The fourth-order valence-electron chi connectivity index (χ4n) is 3.26. The summed E-state index contributed by atoms with van der Waals surface area (Å²) in [6.07, 6.45) is 0. The van der Waals surface area contributed by atoms with Gasteiger partial charge in [-0.05, 0) is 44.2 Å². The van der Waals surface area contributed by atoms with Gasteiger partial charge in [-0.3, -0.25) is 4.79 Å². The summed E-state index contributed by atoms with van der Waals surface area (Å²) in [5.74, 6) is 0.994. The lowest BCUT2D eigenvalue weighted by atomic mass is 10.1. The third kappa shape index (κ3) is 3.76. The molecule has 0 bridgehead atoms. The Balaban J connectivity index is 1.43. The Kier molecular flexibility index (Phi) is 4.99. The summed E-state index contributed by atoms with van der Waals surface area (Å²) in [5, 5.41) is 1.01. The zero-order chi connectivity index (χ0) is 18.8. The SMILES string of the molecule is CCOc1ccc2nc(N3CCN(C(=O)c4ccc(C)cc4)CC3)sc2c1. The zero-order valence-corrected chi connectivity index (χ0v) is 16.5. The molecule has 140 valence electrons. The molecule has 0 unspecified atom stereocenters. The lowest BCUT2D eigenvalue weighted by Gasteiger charge is -2.34. The standard InChI is InChI=1S/C21H23N3O2S/c1-3-26-17-8-9-18-19(14-17)27-21(22-18)24-12-10-23(11-13-24)20(25)16-6-4-15(2)5-7-16/h4-9,14H,3,10-13H2,1-2H3. The maximum absolute atomic E-state index is 12.7. The number of carbonyl (C=O) groups excluding carboxylic acids is 1. The van der Waals surface area contributed by atoms with Crippen LogP contribution in [0.2, 0.25) is 0 Å². The van der Waals surface area contributed by atoms with Crippen LogP contribution in [0.15, 0.2) is 42.5 Å². The van der Waals surface area contributed by atoms with Gasteiger partial charge in [0, 0.05) is 31.7 Å². The Bertz CT molecular complexity index is 944. The predicted molar refractivity (Wildman–Crippen MR) is 110 cm³/mol. The summed E-state index contributed by atoms with van der Waals surface area (Å²) >= 11 is 1.68. The second-order valence-electron chi connectivity index (χ2n) is 6.70. The molecule has 0 spiro atoms. The van der Waals surface area contributed by atoms with E-state index in [4.69, 9.17) is 9.72 Å². The molecule has 0 saturated carbocycles. The number of fused-ring (bicyclic) bond motifs is 1. The van der Waals surface area contributed by atoms with Gasteiger partial charge in [-0.15, -0.1) is 0 Å². The van der Waals surface area contributed by atoms with Crippen molar-refractivity contribution in [1.29, 1.82) is 0 Å². The van der Waals surface area contributed by atoms with Gasteiger partial charge in [0.15, 0.2) is 5.13 Å². The smallest absolute Gasteiger partial charge is 0.253 e. The fourth-order valence-corrected chi connectivity index (χ4v) is 4.31. The number of anilines is 1. The second-order valence-corrected chi connectivity index (χ2v) is 7.71. The van der Waals surface area contributed by atoms with Gasteiger partial charge in [-0.2, -0.15) is 0 Å². The van der Waals surface area contributed by atoms with E-state index in [1.807, 2.05) is 55.1 Å². The molecule has 1 fully saturated rings. The van der Waals surface area contributed by atoms with Gasteiger partial charge < -0.3 is 14.5 Å². The monoisotopic (exact) mass is 381 g/mol. The Morgan fingerprint density at radius 3 is 2.56 bits per heavy atom. The van der Waals surface area contributed by atoms with Crippen molar-refractivity contribution in [3.05, 3.63) is 53.6 Å². The zero-order valence-electron chi connectivity index (χ0n) is 15.6. The van der Waals surface area contributed by atoms with Crippen molar-refractivity contribution in [3.63, 3.8) is 0 Å². The number of piperazine rings is 1. The summed E-state index contributed by atoms with van der Waals surface area (Å²) < 4.78 is 6.71. The highest BCUT2D eigenvalue weighted by Crippen LogP contribution is 2.32. The molecule has 1 aliphatic heterocycles. The number of nitrogens with zero attached hydrogens (tertiary/aromatic N) is 3. The summed E-state index contributed by atoms with van der Waals surface area (Å²) in [6, 6.07) is 13.8. The molecule has 2 aromatic carbocycles. The number of thiazole rings is 1. The molecule has 1 amide bonds. The van der Waals surface area contributed by atoms with Crippen molar-refractivity contribution in [2.45, 2.75) is 13.8 Å². The molecule has 2 heterocycles. The minimum Gasteiger partial charge on any atom is -0.494 e. The van der Waals surface area contributed by atoms with Crippen LogP contribution in [0.1, 0.15) is 22.8 Å². The topological polar surface area (TPSA) is 45.7 Å². The Morgan fingerprint density at radius 1 is 1.11 bits per heavy atom. The van der Waals surface area contributed by atoms with Crippen molar-refractivity contribution in [2.75, 3.05) is 37.7 Å². The van der Waals surface area contributed by atoms with Crippen LogP contribution in [-0.4, -0.2) is 48.6 Å². The number of benzene rings is 2. The van der Waals surface area contributed by atoms with Crippen LogP contribution in [0.4, 0.5) is 5.13 Å². The summed E-state index contributed by atoms with van der Waals surface area (Å²) in [5.41, 5.74) is 2.92. The number of hydrogen-bond acceptors (Lipinski definition) is 5. The van der Waals surface area contributed by atoms with Crippen LogP contribution in [-0.2, 0) is 0 Å². The van der Waals surface area contributed by atoms with Crippen molar-refractivity contribution in [3.8, 4) is 5.75 Å².